The molecule has 0 aliphatic heterocycles. The first-order chi connectivity index (χ1) is 15.7. The molecule has 0 radical (unpaired) electrons. The number of carbonyl (C=O) groups is 1. The van der Waals surface area contributed by atoms with Gasteiger partial charge in [-0.1, -0.05) is 53.7 Å². The fourth-order valence-electron chi connectivity index (χ4n) is 3.35. The highest BCUT2D eigenvalue weighted by Gasteiger charge is 2.33. The van der Waals surface area contributed by atoms with Gasteiger partial charge in [0.15, 0.2) is 0 Å². The van der Waals surface area contributed by atoms with Gasteiger partial charge in [-0.15, -0.1) is 0 Å². The molecule has 166 valence electrons. The van der Waals surface area contributed by atoms with Crippen molar-refractivity contribution in [2.24, 2.45) is 5.73 Å². The number of nitrogens with zero attached hydrogens (tertiary/aromatic N) is 1. The predicted molar refractivity (Wildman–Crippen MR) is 118 cm³/mol. The van der Waals surface area contributed by atoms with Crippen LogP contribution in [0.4, 0.5) is 18.9 Å². The van der Waals surface area contributed by atoms with Gasteiger partial charge in [0, 0.05) is 16.8 Å². The molecule has 0 aliphatic carbocycles. The van der Waals surface area contributed by atoms with Gasteiger partial charge in [0.1, 0.15) is 23.4 Å². The second-order valence-electron chi connectivity index (χ2n) is 7.15. The van der Waals surface area contributed by atoms with E-state index in [2.05, 4.69) is 10.5 Å². The molecule has 1 amide bonds. The number of hydrogen-bond donors (Lipinski definition) is 3. The summed E-state index contributed by atoms with van der Waals surface area (Å²) < 4.78 is 44.9. The van der Waals surface area contributed by atoms with Crippen LogP contribution in [0.3, 0.4) is 0 Å². The van der Waals surface area contributed by atoms with Gasteiger partial charge in [-0.25, -0.2) is 0 Å². The lowest BCUT2D eigenvalue weighted by Gasteiger charge is -2.13. The van der Waals surface area contributed by atoms with E-state index in [4.69, 9.17) is 15.7 Å². The molecule has 1 heterocycles. The van der Waals surface area contributed by atoms with Gasteiger partial charge < -0.3 is 15.6 Å². The zero-order chi connectivity index (χ0) is 23.6. The summed E-state index contributed by atoms with van der Waals surface area (Å²) in [4.78, 5) is 12.8. The molecule has 0 saturated carbocycles. The maximum atomic E-state index is 13.3. The maximum Gasteiger partial charge on any atom is 0.417 e. The molecule has 4 aromatic rings. The summed E-state index contributed by atoms with van der Waals surface area (Å²) in [6.45, 7) is 0. The van der Waals surface area contributed by atoms with Crippen molar-refractivity contribution in [3.05, 3.63) is 95.7 Å². The number of halogens is 3. The van der Waals surface area contributed by atoms with Crippen LogP contribution in [0.15, 0.2) is 83.6 Å². The molecule has 0 atom stereocenters. The van der Waals surface area contributed by atoms with Crippen LogP contribution in [0, 0.1) is 5.41 Å². The summed E-state index contributed by atoms with van der Waals surface area (Å²) in [6, 6.07) is 18.0. The van der Waals surface area contributed by atoms with Gasteiger partial charge in [0.2, 0.25) is 0 Å². The Kier molecular flexibility index (Phi) is 5.70. The van der Waals surface area contributed by atoms with Crippen molar-refractivity contribution in [1.82, 2.24) is 5.16 Å². The fourth-order valence-corrected chi connectivity index (χ4v) is 3.35. The van der Waals surface area contributed by atoms with Crippen LogP contribution in [0.2, 0.25) is 0 Å². The Morgan fingerprint density at radius 1 is 0.970 bits per heavy atom. The number of hydrogen-bond acceptors (Lipinski definition) is 4. The molecule has 0 unspecified atom stereocenters. The van der Waals surface area contributed by atoms with Crippen molar-refractivity contribution in [3.8, 4) is 22.4 Å². The minimum absolute atomic E-state index is 0.0505. The smallest absolute Gasteiger partial charge is 0.384 e. The number of amidine groups is 1. The minimum Gasteiger partial charge on any atom is -0.384 e. The Balaban J connectivity index is 1.57. The lowest BCUT2D eigenvalue weighted by atomic mass is 9.99. The van der Waals surface area contributed by atoms with Crippen LogP contribution in [-0.4, -0.2) is 16.9 Å². The highest BCUT2D eigenvalue weighted by atomic mass is 19.4. The molecule has 0 aliphatic rings. The predicted octanol–water partition coefficient (Wildman–Crippen LogP) is 5.56. The topological polar surface area (TPSA) is 105 Å². The van der Waals surface area contributed by atoms with Crippen LogP contribution in [0.25, 0.3) is 22.4 Å². The standard InChI is InChI=1S/C24H17F3N4O2/c25-24(26,27)20-7-2-1-6-18(20)14-8-10-17(11-9-14)30-23(32)19-13-33-31-21(19)15-4-3-5-16(12-15)22(28)29/h1-13H,(H3,28,29)(H,30,32). The van der Waals surface area contributed by atoms with E-state index in [9.17, 15) is 18.0 Å². The number of nitrogens with two attached hydrogens (primary N) is 1. The van der Waals surface area contributed by atoms with Crippen LogP contribution < -0.4 is 11.1 Å². The third-order valence-corrected chi connectivity index (χ3v) is 4.95. The molecule has 0 fully saturated rings. The zero-order valence-corrected chi connectivity index (χ0v) is 17.0. The van der Waals surface area contributed by atoms with Gasteiger partial charge in [0.05, 0.1) is 5.56 Å². The van der Waals surface area contributed by atoms with E-state index in [1.165, 1.54) is 48.7 Å². The second-order valence-corrected chi connectivity index (χ2v) is 7.15. The molecule has 0 spiro atoms. The van der Waals surface area contributed by atoms with Crippen molar-refractivity contribution in [2.45, 2.75) is 6.18 Å². The third-order valence-electron chi connectivity index (χ3n) is 4.95. The van der Waals surface area contributed by atoms with Crippen LogP contribution in [0.1, 0.15) is 21.5 Å². The largest absolute Gasteiger partial charge is 0.417 e. The summed E-state index contributed by atoms with van der Waals surface area (Å²) in [6.07, 6.45) is -3.28. The Morgan fingerprint density at radius 3 is 2.39 bits per heavy atom. The first kappa shape index (κ1) is 21.8. The van der Waals surface area contributed by atoms with Crippen molar-refractivity contribution < 1.29 is 22.5 Å². The number of rotatable bonds is 5. The summed E-state index contributed by atoms with van der Waals surface area (Å²) in [5.74, 6) is -0.638. The molecule has 33 heavy (non-hydrogen) atoms. The summed E-state index contributed by atoms with van der Waals surface area (Å²) >= 11 is 0. The van der Waals surface area contributed by atoms with Crippen molar-refractivity contribution in [2.75, 3.05) is 5.32 Å². The van der Waals surface area contributed by atoms with E-state index < -0.39 is 17.6 Å². The summed E-state index contributed by atoms with van der Waals surface area (Å²) in [5.41, 5.74) is 7.03. The normalized spacial score (nSPS) is 11.2. The summed E-state index contributed by atoms with van der Waals surface area (Å²) in [7, 11) is 0. The average molecular weight is 450 g/mol. The maximum absolute atomic E-state index is 13.3. The number of amides is 1. The van der Waals surface area contributed by atoms with Gasteiger partial charge in [0.25, 0.3) is 5.91 Å². The SMILES string of the molecule is N=C(N)c1cccc(-c2nocc2C(=O)Nc2ccc(-c3ccccc3C(F)(F)F)cc2)c1. The number of aromatic nitrogens is 1. The molecule has 1 aromatic heterocycles. The lowest BCUT2D eigenvalue weighted by molar-refractivity contribution is -0.137. The van der Waals surface area contributed by atoms with E-state index in [1.807, 2.05) is 0 Å². The Hall–Kier alpha value is -4.40. The summed E-state index contributed by atoms with van der Waals surface area (Å²) in [5, 5.41) is 14.1. The van der Waals surface area contributed by atoms with E-state index >= 15 is 0 Å². The Morgan fingerprint density at radius 2 is 1.70 bits per heavy atom. The van der Waals surface area contributed by atoms with Crippen molar-refractivity contribution in [3.63, 3.8) is 0 Å². The lowest BCUT2D eigenvalue weighted by Crippen LogP contribution is -2.13. The first-order valence-electron chi connectivity index (χ1n) is 9.71. The average Bonchev–Trinajstić information content (AvgIpc) is 3.29. The fraction of sp³-hybridized carbons (Fsp3) is 0.0417. The first-order valence-corrected chi connectivity index (χ1v) is 9.71. The zero-order valence-electron chi connectivity index (χ0n) is 17.0. The van der Waals surface area contributed by atoms with E-state index in [0.29, 0.717) is 22.4 Å². The molecule has 0 bridgehead atoms. The number of benzene rings is 3. The third kappa shape index (κ3) is 4.62. The molecule has 4 N–H and O–H groups in total. The van der Waals surface area contributed by atoms with Gasteiger partial charge in [-0.05, 0) is 35.4 Å². The highest BCUT2D eigenvalue weighted by Crippen LogP contribution is 2.37. The Labute approximate surface area is 186 Å². The Bertz CT molecular complexity index is 1330. The van der Waals surface area contributed by atoms with Crippen LogP contribution in [-0.2, 0) is 6.18 Å². The van der Waals surface area contributed by atoms with Gasteiger partial charge >= 0.3 is 6.18 Å². The number of anilines is 1. The highest BCUT2D eigenvalue weighted by molar-refractivity contribution is 6.08. The van der Waals surface area contributed by atoms with Crippen molar-refractivity contribution >= 4 is 17.4 Å². The second kappa shape index (κ2) is 8.62. The monoisotopic (exact) mass is 450 g/mol. The quantitative estimate of drug-likeness (QED) is 0.273. The molecule has 0 saturated heterocycles. The minimum atomic E-state index is -4.48. The van der Waals surface area contributed by atoms with E-state index in [0.717, 1.165) is 6.07 Å². The number of carbonyl (C=O) groups excluding carboxylic acids is 1. The molecule has 6 nitrogen and oxygen atoms in total. The van der Waals surface area contributed by atoms with Crippen LogP contribution >= 0.6 is 0 Å². The van der Waals surface area contributed by atoms with Gasteiger partial charge in [-0.3, -0.25) is 10.2 Å². The molecule has 4 rings (SSSR count). The molecule has 9 heteroatoms. The van der Waals surface area contributed by atoms with E-state index in [-0.39, 0.29) is 22.7 Å². The number of alkyl halides is 3. The van der Waals surface area contributed by atoms with Crippen LogP contribution in [0.5, 0.6) is 0 Å². The molecule has 3 aromatic carbocycles. The van der Waals surface area contributed by atoms with Crippen molar-refractivity contribution in [1.29, 1.82) is 5.41 Å². The number of nitrogens with one attached hydrogen (secondary N) is 2. The molecular formula is C24H17F3N4O2. The van der Waals surface area contributed by atoms with E-state index in [1.54, 1.807) is 24.3 Å². The number of nitrogen functional groups attached to an aromatic ring is 1. The van der Waals surface area contributed by atoms with Gasteiger partial charge in [-0.2, -0.15) is 13.2 Å². The molecular weight excluding hydrogens is 433 g/mol.